The van der Waals surface area contributed by atoms with Gasteiger partial charge in [-0.15, -0.1) is 0 Å². The molecule has 0 aliphatic heterocycles. The monoisotopic (exact) mass is 270 g/mol. The third-order valence-corrected chi connectivity index (χ3v) is 3.26. The Labute approximate surface area is 121 Å². The van der Waals surface area contributed by atoms with Crippen LogP contribution in [0.5, 0.6) is 11.5 Å². The van der Waals surface area contributed by atoms with Crippen molar-refractivity contribution in [1.82, 2.24) is 4.98 Å². The fourth-order valence-electron chi connectivity index (χ4n) is 1.97. The molecule has 106 valence electrons. The molecule has 0 saturated carbocycles. The molecule has 1 aromatic heterocycles. The average molecular weight is 270 g/mol. The van der Waals surface area contributed by atoms with Crippen molar-refractivity contribution >= 4 is 5.82 Å². The van der Waals surface area contributed by atoms with Crippen LogP contribution >= 0.6 is 0 Å². The minimum absolute atomic E-state index is 0.152. The van der Waals surface area contributed by atoms with Gasteiger partial charge in [-0.2, -0.15) is 0 Å². The van der Waals surface area contributed by atoms with Crippen molar-refractivity contribution < 1.29 is 4.74 Å². The third-order valence-electron chi connectivity index (χ3n) is 3.26. The Morgan fingerprint density at radius 2 is 1.85 bits per heavy atom. The molecule has 2 rings (SSSR count). The van der Waals surface area contributed by atoms with E-state index in [4.69, 9.17) is 4.74 Å². The number of aryl methyl sites for hydroxylation is 1. The lowest BCUT2D eigenvalue weighted by molar-refractivity contribution is 0.477. The van der Waals surface area contributed by atoms with Gasteiger partial charge in [0.25, 0.3) is 0 Å². The minimum atomic E-state index is 0.152. The van der Waals surface area contributed by atoms with Gasteiger partial charge in [0, 0.05) is 19.3 Å². The van der Waals surface area contributed by atoms with Gasteiger partial charge in [-0.25, -0.2) is 4.98 Å². The molecular formula is C17H22N2O. The van der Waals surface area contributed by atoms with Crippen molar-refractivity contribution in [2.45, 2.75) is 33.1 Å². The van der Waals surface area contributed by atoms with Gasteiger partial charge >= 0.3 is 0 Å². The number of hydrogen-bond acceptors (Lipinski definition) is 3. The van der Waals surface area contributed by atoms with Gasteiger partial charge in [0.2, 0.25) is 0 Å². The standard InChI is InChI=1S/C17H22N2O/c1-12-10-13(17(2,3)4)6-7-15(12)20-14-8-9-19-16(11-14)18-5/h6-11H,1-5H3,(H,18,19). The molecule has 2 aromatic rings. The second-order valence-electron chi connectivity index (χ2n) is 5.96. The molecule has 1 heterocycles. The van der Waals surface area contributed by atoms with Crippen LogP contribution in [0.1, 0.15) is 31.9 Å². The number of nitrogens with zero attached hydrogens (tertiary/aromatic N) is 1. The number of rotatable bonds is 3. The fourth-order valence-corrected chi connectivity index (χ4v) is 1.97. The summed E-state index contributed by atoms with van der Waals surface area (Å²) in [5.41, 5.74) is 2.60. The van der Waals surface area contributed by atoms with Crippen LogP contribution in [0.4, 0.5) is 5.82 Å². The van der Waals surface area contributed by atoms with Crippen molar-refractivity contribution in [3.63, 3.8) is 0 Å². The zero-order valence-electron chi connectivity index (χ0n) is 12.8. The number of ether oxygens (including phenoxy) is 1. The Balaban J connectivity index is 2.25. The van der Waals surface area contributed by atoms with Crippen LogP contribution in [0, 0.1) is 6.92 Å². The second-order valence-corrected chi connectivity index (χ2v) is 5.96. The summed E-state index contributed by atoms with van der Waals surface area (Å²) < 4.78 is 5.94. The van der Waals surface area contributed by atoms with E-state index in [9.17, 15) is 0 Å². The summed E-state index contributed by atoms with van der Waals surface area (Å²) in [6.45, 7) is 8.71. The fraction of sp³-hybridized carbons (Fsp3) is 0.353. The Bertz CT molecular complexity index is 600. The maximum atomic E-state index is 5.94. The maximum Gasteiger partial charge on any atom is 0.132 e. The summed E-state index contributed by atoms with van der Waals surface area (Å²) in [6, 6.07) is 10.1. The molecular weight excluding hydrogens is 248 g/mol. The molecule has 0 unspecified atom stereocenters. The second kappa shape index (κ2) is 5.53. The van der Waals surface area contributed by atoms with Crippen molar-refractivity contribution in [2.75, 3.05) is 12.4 Å². The maximum absolute atomic E-state index is 5.94. The first-order valence-electron chi connectivity index (χ1n) is 6.83. The first-order chi connectivity index (χ1) is 9.40. The minimum Gasteiger partial charge on any atom is -0.457 e. The Hall–Kier alpha value is -2.03. The number of nitrogens with one attached hydrogen (secondary N) is 1. The molecule has 0 atom stereocenters. The van der Waals surface area contributed by atoms with E-state index in [2.05, 4.69) is 50.1 Å². The van der Waals surface area contributed by atoms with E-state index in [-0.39, 0.29) is 5.41 Å². The molecule has 0 radical (unpaired) electrons. The molecule has 0 saturated heterocycles. The van der Waals surface area contributed by atoms with E-state index in [1.54, 1.807) is 6.20 Å². The van der Waals surface area contributed by atoms with Gasteiger partial charge < -0.3 is 10.1 Å². The SMILES string of the molecule is CNc1cc(Oc2ccc(C(C)(C)C)cc2C)ccn1. The zero-order chi connectivity index (χ0) is 14.8. The molecule has 3 heteroatoms. The molecule has 0 bridgehead atoms. The van der Waals surface area contributed by atoms with Crippen LogP contribution in [0.3, 0.4) is 0 Å². The largest absolute Gasteiger partial charge is 0.457 e. The van der Waals surface area contributed by atoms with Crippen LogP contribution in [0.15, 0.2) is 36.5 Å². The summed E-state index contributed by atoms with van der Waals surface area (Å²) in [5.74, 6) is 2.47. The van der Waals surface area contributed by atoms with E-state index < -0.39 is 0 Å². The Kier molecular flexibility index (Phi) is 3.98. The molecule has 3 nitrogen and oxygen atoms in total. The van der Waals surface area contributed by atoms with Crippen LogP contribution in [-0.2, 0) is 5.41 Å². The van der Waals surface area contributed by atoms with Crippen LogP contribution in [-0.4, -0.2) is 12.0 Å². The molecule has 0 amide bonds. The van der Waals surface area contributed by atoms with Gasteiger partial charge in [-0.1, -0.05) is 32.9 Å². The highest BCUT2D eigenvalue weighted by atomic mass is 16.5. The molecule has 1 aromatic carbocycles. The molecule has 0 fully saturated rings. The van der Waals surface area contributed by atoms with Gasteiger partial charge in [0.05, 0.1) is 0 Å². The Morgan fingerprint density at radius 3 is 2.45 bits per heavy atom. The van der Waals surface area contributed by atoms with Gasteiger partial charge in [-0.3, -0.25) is 0 Å². The summed E-state index contributed by atoms with van der Waals surface area (Å²) in [4.78, 5) is 4.18. The number of anilines is 1. The highest BCUT2D eigenvalue weighted by Gasteiger charge is 2.15. The smallest absolute Gasteiger partial charge is 0.132 e. The van der Waals surface area contributed by atoms with Crippen LogP contribution in [0.25, 0.3) is 0 Å². The lowest BCUT2D eigenvalue weighted by Crippen LogP contribution is -2.11. The van der Waals surface area contributed by atoms with E-state index in [1.165, 1.54) is 5.56 Å². The van der Waals surface area contributed by atoms with Gasteiger partial charge in [0.15, 0.2) is 0 Å². The lowest BCUT2D eigenvalue weighted by atomic mass is 9.86. The highest BCUT2D eigenvalue weighted by molar-refractivity contribution is 5.45. The van der Waals surface area contributed by atoms with Crippen molar-refractivity contribution in [3.8, 4) is 11.5 Å². The first-order valence-corrected chi connectivity index (χ1v) is 6.83. The quantitative estimate of drug-likeness (QED) is 0.890. The van der Waals surface area contributed by atoms with E-state index in [1.807, 2.05) is 25.2 Å². The van der Waals surface area contributed by atoms with Gasteiger partial charge in [0.1, 0.15) is 17.3 Å². The normalized spacial score (nSPS) is 11.2. The topological polar surface area (TPSA) is 34.1 Å². The summed E-state index contributed by atoms with van der Waals surface area (Å²) in [7, 11) is 1.84. The zero-order valence-corrected chi connectivity index (χ0v) is 12.8. The van der Waals surface area contributed by atoms with E-state index in [0.29, 0.717) is 0 Å². The average Bonchev–Trinajstić information content (AvgIpc) is 2.40. The van der Waals surface area contributed by atoms with Gasteiger partial charge in [-0.05, 0) is 35.6 Å². The first kappa shape index (κ1) is 14.4. The number of hydrogen-bond donors (Lipinski definition) is 1. The third kappa shape index (κ3) is 3.29. The summed E-state index contributed by atoms with van der Waals surface area (Å²) in [6.07, 6.45) is 1.74. The van der Waals surface area contributed by atoms with E-state index >= 15 is 0 Å². The molecule has 1 N–H and O–H groups in total. The number of pyridine rings is 1. The molecule has 0 aliphatic carbocycles. The molecule has 20 heavy (non-hydrogen) atoms. The summed E-state index contributed by atoms with van der Waals surface area (Å²) >= 11 is 0. The predicted molar refractivity (Wildman–Crippen MR) is 83.7 cm³/mol. The Morgan fingerprint density at radius 1 is 1.10 bits per heavy atom. The predicted octanol–water partition coefficient (Wildman–Crippen LogP) is 4.52. The highest BCUT2D eigenvalue weighted by Crippen LogP contribution is 2.30. The van der Waals surface area contributed by atoms with Crippen LogP contribution < -0.4 is 10.1 Å². The van der Waals surface area contributed by atoms with Crippen molar-refractivity contribution in [1.29, 1.82) is 0 Å². The number of aromatic nitrogens is 1. The molecule has 0 spiro atoms. The number of benzene rings is 1. The van der Waals surface area contributed by atoms with E-state index in [0.717, 1.165) is 22.9 Å². The van der Waals surface area contributed by atoms with Crippen molar-refractivity contribution in [3.05, 3.63) is 47.7 Å². The molecule has 0 aliphatic rings. The lowest BCUT2D eigenvalue weighted by Gasteiger charge is -2.20. The summed E-state index contributed by atoms with van der Waals surface area (Å²) in [5, 5.41) is 3.01. The van der Waals surface area contributed by atoms with Crippen LogP contribution in [0.2, 0.25) is 0 Å². The van der Waals surface area contributed by atoms with Crippen molar-refractivity contribution in [2.24, 2.45) is 0 Å².